The summed E-state index contributed by atoms with van der Waals surface area (Å²) in [7, 11) is 0. The van der Waals surface area contributed by atoms with Crippen molar-refractivity contribution < 1.29 is 4.79 Å². The van der Waals surface area contributed by atoms with Crippen molar-refractivity contribution in [2.75, 3.05) is 5.32 Å². The fourth-order valence-electron chi connectivity index (χ4n) is 2.60. The number of amides is 1. The summed E-state index contributed by atoms with van der Waals surface area (Å²) < 4.78 is 0. The molecule has 0 aromatic carbocycles. The number of fused-ring (bicyclic) bond motifs is 1. The fourth-order valence-corrected chi connectivity index (χ4v) is 3.35. The van der Waals surface area contributed by atoms with E-state index in [1.165, 1.54) is 0 Å². The molecule has 0 aliphatic rings. The Morgan fingerprint density at radius 1 is 1.16 bits per heavy atom. The molecule has 8 heteroatoms. The maximum absolute atomic E-state index is 12.4. The number of pyridine rings is 1. The number of aryl methyl sites for hydroxylation is 2. The number of aromatic nitrogens is 5. The van der Waals surface area contributed by atoms with Gasteiger partial charge in [0.25, 0.3) is 5.91 Å². The van der Waals surface area contributed by atoms with Crippen molar-refractivity contribution in [3.8, 4) is 10.6 Å². The van der Waals surface area contributed by atoms with Crippen LogP contribution in [-0.4, -0.2) is 31.1 Å². The van der Waals surface area contributed by atoms with Gasteiger partial charge in [0.2, 0.25) is 0 Å². The van der Waals surface area contributed by atoms with Gasteiger partial charge in [-0.25, -0.2) is 9.97 Å². The van der Waals surface area contributed by atoms with Crippen molar-refractivity contribution in [1.29, 1.82) is 0 Å². The van der Waals surface area contributed by atoms with Gasteiger partial charge in [-0.05, 0) is 32.9 Å². The van der Waals surface area contributed by atoms with Crippen LogP contribution in [0.4, 0.5) is 5.69 Å². The molecule has 0 radical (unpaired) electrons. The molecule has 0 atom stereocenters. The predicted octanol–water partition coefficient (Wildman–Crippen LogP) is 3.59. The highest BCUT2D eigenvalue weighted by Crippen LogP contribution is 2.28. The van der Waals surface area contributed by atoms with Gasteiger partial charge in [0, 0.05) is 22.8 Å². The molecule has 126 valence electrons. The second-order valence-electron chi connectivity index (χ2n) is 5.86. The third-order valence-electron chi connectivity index (χ3n) is 4.08. The number of nitrogens with zero attached hydrogens (tertiary/aromatic N) is 3. The molecule has 0 bridgehead atoms. The Labute approximate surface area is 147 Å². The van der Waals surface area contributed by atoms with E-state index in [4.69, 9.17) is 0 Å². The molecule has 4 aromatic rings. The van der Waals surface area contributed by atoms with Crippen molar-refractivity contribution in [2.45, 2.75) is 20.8 Å². The Hall–Kier alpha value is -3.00. The van der Waals surface area contributed by atoms with Gasteiger partial charge in [-0.3, -0.25) is 9.89 Å². The second-order valence-corrected chi connectivity index (χ2v) is 7.10. The van der Waals surface area contributed by atoms with Gasteiger partial charge in [0.1, 0.15) is 5.65 Å². The zero-order valence-corrected chi connectivity index (χ0v) is 14.8. The van der Waals surface area contributed by atoms with E-state index in [1.54, 1.807) is 17.5 Å². The minimum absolute atomic E-state index is 0.253. The van der Waals surface area contributed by atoms with E-state index in [1.807, 2.05) is 39.1 Å². The van der Waals surface area contributed by atoms with Crippen molar-refractivity contribution in [3.63, 3.8) is 0 Å². The van der Waals surface area contributed by atoms with Crippen LogP contribution in [0.25, 0.3) is 21.6 Å². The number of nitrogens with one attached hydrogen (secondary N) is 3. The first-order valence-corrected chi connectivity index (χ1v) is 8.57. The third-order valence-corrected chi connectivity index (χ3v) is 5.03. The monoisotopic (exact) mass is 352 g/mol. The van der Waals surface area contributed by atoms with Crippen molar-refractivity contribution in [3.05, 3.63) is 46.5 Å². The first-order chi connectivity index (χ1) is 12.0. The first kappa shape index (κ1) is 15.5. The summed E-state index contributed by atoms with van der Waals surface area (Å²) in [5, 5.41) is 11.7. The van der Waals surface area contributed by atoms with Crippen molar-refractivity contribution in [2.24, 2.45) is 0 Å². The molecule has 0 saturated carbocycles. The average Bonchev–Trinajstić information content (AvgIpc) is 3.27. The Morgan fingerprint density at radius 2 is 2.00 bits per heavy atom. The molecule has 25 heavy (non-hydrogen) atoms. The Morgan fingerprint density at radius 3 is 2.68 bits per heavy atom. The highest BCUT2D eigenvalue weighted by Gasteiger charge is 2.15. The zero-order valence-electron chi connectivity index (χ0n) is 14.0. The average molecular weight is 352 g/mol. The van der Waals surface area contributed by atoms with E-state index in [9.17, 15) is 4.79 Å². The maximum Gasteiger partial charge on any atom is 0.276 e. The van der Waals surface area contributed by atoms with Crippen LogP contribution in [0.1, 0.15) is 26.8 Å². The maximum atomic E-state index is 12.4. The van der Waals surface area contributed by atoms with Gasteiger partial charge in [-0.2, -0.15) is 5.10 Å². The summed E-state index contributed by atoms with van der Waals surface area (Å²) >= 11 is 1.62. The largest absolute Gasteiger partial charge is 0.339 e. The van der Waals surface area contributed by atoms with Gasteiger partial charge >= 0.3 is 0 Å². The highest BCUT2D eigenvalue weighted by atomic mass is 32.1. The third kappa shape index (κ3) is 2.80. The van der Waals surface area contributed by atoms with Crippen LogP contribution in [0.5, 0.6) is 0 Å². The van der Waals surface area contributed by atoms with E-state index in [2.05, 4.69) is 30.5 Å². The van der Waals surface area contributed by atoms with Crippen molar-refractivity contribution in [1.82, 2.24) is 25.1 Å². The lowest BCUT2D eigenvalue weighted by Gasteiger charge is -2.03. The molecule has 0 unspecified atom stereocenters. The number of carbonyl (C=O) groups excluding carboxylic acids is 1. The molecule has 3 N–H and O–H groups in total. The number of thiazole rings is 1. The molecular weight excluding hydrogens is 336 g/mol. The number of anilines is 1. The molecule has 4 heterocycles. The summed E-state index contributed by atoms with van der Waals surface area (Å²) in [6.07, 6.45) is 3.48. The quantitative estimate of drug-likeness (QED) is 0.525. The Bertz CT molecular complexity index is 1090. The summed E-state index contributed by atoms with van der Waals surface area (Å²) in [4.78, 5) is 25.4. The van der Waals surface area contributed by atoms with Gasteiger partial charge < -0.3 is 10.3 Å². The lowest BCUT2D eigenvalue weighted by atomic mass is 10.2. The van der Waals surface area contributed by atoms with Gasteiger partial charge in [0.15, 0.2) is 5.69 Å². The molecular formula is C17H16N6OS. The standard InChI is InChI=1S/C17H16N6OS/c1-8-9(2)22-23-15(8)17(24)20-12-4-11-5-13(21-16(11)19-6-12)14-7-18-10(3)25-14/h4-7H,1-3H3,(H,19,21)(H,20,24)(H,22,23). The minimum Gasteiger partial charge on any atom is -0.339 e. The van der Waals surface area contributed by atoms with Crippen LogP contribution >= 0.6 is 11.3 Å². The van der Waals surface area contributed by atoms with Crippen LogP contribution in [-0.2, 0) is 0 Å². The number of H-pyrrole nitrogens is 2. The molecule has 4 rings (SSSR count). The molecule has 1 amide bonds. The first-order valence-electron chi connectivity index (χ1n) is 7.76. The number of hydrogen-bond acceptors (Lipinski definition) is 5. The molecule has 0 aliphatic heterocycles. The molecule has 0 fully saturated rings. The molecule has 0 saturated heterocycles. The smallest absolute Gasteiger partial charge is 0.276 e. The van der Waals surface area contributed by atoms with E-state index < -0.39 is 0 Å². The van der Waals surface area contributed by atoms with E-state index in [-0.39, 0.29) is 5.91 Å². The highest BCUT2D eigenvalue weighted by molar-refractivity contribution is 7.15. The van der Waals surface area contributed by atoms with Crippen LogP contribution in [0.3, 0.4) is 0 Å². The molecule has 7 nitrogen and oxygen atoms in total. The van der Waals surface area contributed by atoms with Crippen LogP contribution in [0, 0.1) is 20.8 Å². The predicted molar refractivity (Wildman–Crippen MR) is 98.0 cm³/mol. The lowest BCUT2D eigenvalue weighted by molar-refractivity contribution is 0.102. The Kier molecular flexibility index (Phi) is 3.61. The molecule has 0 spiro atoms. The van der Waals surface area contributed by atoms with Gasteiger partial charge in [-0.1, -0.05) is 0 Å². The lowest BCUT2D eigenvalue weighted by Crippen LogP contribution is -2.13. The van der Waals surface area contributed by atoms with E-state index >= 15 is 0 Å². The topological polar surface area (TPSA) is 99.3 Å². The number of rotatable bonds is 3. The number of carbonyl (C=O) groups is 1. The molecule has 4 aromatic heterocycles. The normalized spacial score (nSPS) is 11.2. The Balaban J connectivity index is 1.63. The fraction of sp³-hybridized carbons (Fsp3) is 0.176. The van der Waals surface area contributed by atoms with Crippen LogP contribution in [0.15, 0.2) is 24.5 Å². The van der Waals surface area contributed by atoms with Crippen LogP contribution < -0.4 is 5.32 Å². The summed E-state index contributed by atoms with van der Waals surface area (Å²) in [6.45, 7) is 5.72. The molecule has 0 aliphatic carbocycles. The van der Waals surface area contributed by atoms with Gasteiger partial charge in [0.05, 0.1) is 27.5 Å². The SMILES string of the molecule is Cc1ncc(-c2cc3cc(NC(=O)c4n[nH]c(C)c4C)cnc3[nH]2)s1. The zero-order chi connectivity index (χ0) is 17.6. The summed E-state index contributed by atoms with van der Waals surface area (Å²) in [6, 6.07) is 3.90. The van der Waals surface area contributed by atoms with Crippen molar-refractivity contribution >= 4 is 34.0 Å². The summed E-state index contributed by atoms with van der Waals surface area (Å²) in [5.74, 6) is -0.253. The number of aromatic amines is 2. The summed E-state index contributed by atoms with van der Waals surface area (Å²) in [5.41, 5.74) is 4.49. The van der Waals surface area contributed by atoms with E-state index in [0.29, 0.717) is 11.4 Å². The second kappa shape index (κ2) is 5.82. The minimum atomic E-state index is -0.253. The van der Waals surface area contributed by atoms with Gasteiger partial charge in [-0.15, -0.1) is 11.3 Å². The van der Waals surface area contributed by atoms with E-state index in [0.717, 1.165) is 37.9 Å². The van der Waals surface area contributed by atoms with Crippen LogP contribution in [0.2, 0.25) is 0 Å². The number of hydrogen-bond donors (Lipinski definition) is 3.